The number of carbonyl (C=O) groups is 1. The average Bonchev–Trinajstić information content (AvgIpc) is 3.17. The topological polar surface area (TPSA) is 106 Å². The van der Waals surface area contributed by atoms with Crippen LogP contribution >= 0.6 is 27.3 Å². The molecule has 3 aromatic rings. The maximum absolute atomic E-state index is 12.3. The number of hydrogen-bond acceptors (Lipinski definition) is 6. The predicted octanol–water partition coefficient (Wildman–Crippen LogP) is 2.69. The number of thiazole rings is 1. The van der Waals surface area contributed by atoms with Crippen LogP contribution in [0, 0.1) is 0 Å². The van der Waals surface area contributed by atoms with Gasteiger partial charge in [-0.25, -0.2) is 13.4 Å². The van der Waals surface area contributed by atoms with Crippen molar-refractivity contribution >= 4 is 54.0 Å². The Hall–Kier alpha value is -2.24. The quantitative estimate of drug-likeness (QED) is 0.632. The zero-order valence-corrected chi connectivity index (χ0v) is 16.0. The molecule has 0 aliphatic carbocycles. The third-order valence-electron chi connectivity index (χ3n) is 3.19. The van der Waals surface area contributed by atoms with Gasteiger partial charge >= 0.3 is 0 Å². The number of aryl methyl sites for hydroxylation is 1. The van der Waals surface area contributed by atoms with Gasteiger partial charge in [0.25, 0.3) is 15.9 Å². The highest BCUT2D eigenvalue weighted by Crippen LogP contribution is 2.21. The van der Waals surface area contributed by atoms with Crippen molar-refractivity contribution < 1.29 is 13.2 Å². The zero-order valence-electron chi connectivity index (χ0n) is 12.8. The molecule has 0 saturated carbocycles. The fraction of sp³-hybridized carbons (Fsp3) is 0.0714. The number of hydrogen-bond donors (Lipinski definition) is 2. The molecule has 3 rings (SSSR count). The summed E-state index contributed by atoms with van der Waals surface area (Å²) in [5.41, 5.74) is 0.827. The average molecular weight is 442 g/mol. The number of rotatable bonds is 5. The van der Waals surface area contributed by atoms with Gasteiger partial charge in [-0.2, -0.15) is 5.10 Å². The van der Waals surface area contributed by atoms with Gasteiger partial charge in [-0.1, -0.05) is 0 Å². The molecule has 1 amide bonds. The highest BCUT2D eigenvalue weighted by molar-refractivity contribution is 9.10. The number of benzene rings is 1. The van der Waals surface area contributed by atoms with Gasteiger partial charge < -0.3 is 5.32 Å². The molecule has 2 heterocycles. The summed E-state index contributed by atoms with van der Waals surface area (Å²) in [7, 11) is -2.07. The van der Waals surface area contributed by atoms with Crippen LogP contribution in [0.3, 0.4) is 0 Å². The Morgan fingerprint density at radius 3 is 2.56 bits per heavy atom. The van der Waals surface area contributed by atoms with Crippen LogP contribution in [0.1, 0.15) is 10.5 Å². The second kappa shape index (κ2) is 6.94. The first-order chi connectivity index (χ1) is 11.9. The summed E-state index contributed by atoms with van der Waals surface area (Å²) in [6, 6.07) is 5.84. The third-order valence-corrected chi connectivity index (χ3v) is 5.94. The Labute approximate surface area is 156 Å². The number of amides is 1. The van der Waals surface area contributed by atoms with Crippen LogP contribution in [0.15, 0.2) is 51.4 Å². The van der Waals surface area contributed by atoms with Crippen molar-refractivity contribution in [2.45, 2.75) is 4.90 Å². The second-order valence-corrected chi connectivity index (χ2v) is 8.32. The minimum absolute atomic E-state index is 0.0717. The smallest absolute Gasteiger partial charge is 0.275 e. The van der Waals surface area contributed by atoms with Crippen molar-refractivity contribution in [3.05, 3.63) is 52.2 Å². The molecule has 0 fully saturated rings. The van der Waals surface area contributed by atoms with Crippen molar-refractivity contribution in [3.8, 4) is 0 Å². The van der Waals surface area contributed by atoms with Gasteiger partial charge in [-0.3, -0.25) is 14.2 Å². The van der Waals surface area contributed by atoms with Gasteiger partial charge in [0.2, 0.25) is 0 Å². The number of aromatic nitrogens is 3. The number of carbonyl (C=O) groups excluding carboxylic acids is 1. The molecule has 0 atom stereocenters. The van der Waals surface area contributed by atoms with Crippen LogP contribution in [0.4, 0.5) is 10.8 Å². The van der Waals surface area contributed by atoms with Crippen molar-refractivity contribution in [3.63, 3.8) is 0 Å². The fourth-order valence-electron chi connectivity index (χ4n) is 2.02. The molecular weight excluding hydrogens is 430 g/mol. The summed E-state index contributed by atoms with van der Waals surface area (Å²) in [6.07, 6.45) is 3.03. The highest BCUT2D eigenvalue weighted by Gasteiger charge is 2.17. The van der Waals surface area contributed by atoms with Gasteiger partial charge in [-0.15, -0.1) is 11.3 Å². The monoisotopic (exact) mass is 441 g/mol. The van der Waals surface area contributed by atoms with E-state index < -0.39 is 10.0 Å². The van der Waals surface area contributed by atoms with Gasteiger partial charge in [0.05, 0.1) is 15.6 Å². The fourth-order valence-corrected chi connectivity index (χ4v) is 4.34. The van der Waals surface area contributed by atoms with E-state index in [2.05, 4.69) is 36.1 Å². The molecule has 0 saturated heterocycles. The van der Waals surface area contributed by atoms with Crippen molar-refractivity contribution in [2.75, 3.05) is 10.0 Å². The lowest BCUT2D eigenvalue weighted by molar-refractivity contribution is 0.101. The second-order valence-electron chi connectivity index (χ2n) is 4.89. The maximum atomic E-state index is 12.3. The van der Waals surface area contributed by atoms with Gasteiger partial charge in [0.15, 0.2) is 5.13 Å². The summed E-state index contributed by atoms with van der Waals surface area (Å²) < 4.78 is 28.9. The van der Waals surface area contributed by atoms with E-state index >= 15 is 0 Å². The normalized spacial score (nSPS) is 11.3. The molecule has 0 spiro atoms. The van der Waals surface area contributed by atoms with E-state index in [1.165, 1.54) is 52.7 Å². The predicted molar refractivity (Wildman–Crippen MR) is 98.2 cm³/mol. The Kier molecular flexibility index (Phi) is 4.88. The lowest BCUT2D eigenvalue weighted by Gasteiger charge is -2.08. The molecular formula is C14H12BrN5O3S2. The van der Waals surface area contributed by atoms with Gasteiger partial charge in [0.1, 0.15) is 5.69 Å². The van der Waals surface area contributed by atoms with Crippen LogP contribution in [-0.4, -0.2) is 29.1 Å². The maximum Gasteiger partial charge on any atom is 0.275 e. The molecule has 0 bridgehead atoms. The van der Waals surface area contributed by atoms with Crippen LogP contribution < -0.4 is 10.0 Å². The van der Waals surface area contributed by atoms with Crippen molar-refractivity contribution in [1.29, 1.82) is 0 Å². The molecule has 1 aromatic carbocycles. The molecule has 0 unspecified atom stereocenters. The van der Waals surface area contributed by atoms with E-state index in [4.69, 9.17) is 0 Å². The summed E-state index contributed by atoms with van der Waals surface area (Å²) in [6.45, 7) is 0. The Morgan fingerprint density at radius 2 is 2.00 bits per heavy atom. The van der Waals surface area contributed by atoms with Crippen molar-refractivity contribution in [1.82, 2.24) is 14.8 Å². The summed E-state index contributed by atoms with van der Waals surface area (Å²) in [5.74, 6) is -0.358. The number of anilines is 2. The van der Waals surface area contributed by atoms with Crippen LogP contribution in [0.2, 0.25) is 0 Å². The standard InChI is InChI=1S/C14H12BrN5O3S2/c1-20-12(11(15)8-17-20)13(21)18-9-2-4-10(5-3-9)25(22,23)19-14-16-6-7-24-14/h2-8H,1H3,(H,16,19)(H,18,21). The lowest BCUT2D eigenvalue weighted by Crippen LogP contribution is -2.17. The first-order valence-corrected chi connectivity index (χ1v) is 10.0. The molecule has 2 N–H and O–H groups in total. The zero-order chi connectivity index (χ0) is 18.0. The van der Waals surface area contributed by atoms with E-state index in [9.17, 15) is 13.2 Å². The van der Waals surface area contributed by atoms with Crippen molar-refractivity contribution in [2.24, 2.45) is 7.05 Å². The van der Waals surface area contributed by atoms with E-state index in [0.29, 0.717) is 21.0 Å². The number of nitrogens with one attached hydrogen (secondary N) is 2. The van der Waals surface area contributed by atoms with E-state index in [-0.39, 0.29) is 10.8 Å². The van der Waals surface area contributed by atoms with E-state index in [0.717, 1.165) is 0 Å². The molecule has 25 heavy (non-hydrogen) atoms. The molecule has 11 heteroatoms. The van der Waals surface area contributed by atoms with Gasteiger partial charge in [0, 0.05) is 24.3 Å². The summed E-state index contributed by atoms with van der Waals surface area (Å²) >= 11 is 4.45. The Balaban J connectivity index is 1.75. The Bertz CT molecular complexity index is 978. The molecule has 0 radical (unpaired) electrons. The van der Waals surface area contributed by atoms with Crippen LogP contribution in [-0.2, 0) is 17.1 Å². The summed E-state index contributed by atoms with van der Waals surface area (Å²) in [5, 5.41) is 8.64. The van der Waals surface area contributed by atoms with E-state index in [1.807, 2.05) is 0 Å². The van der Waals surface area contributed by atoms with E-state index in [1.54, 1.807) is 12.4 Å². The van der Waals surface area contributed by atoms with Crippen LogP contribution in [0.25, 0.3) is 0 Å². The highest BCUT2D eigenvalue weighted by atomic mass is 79.9. The lowest BCUT2D eigenvalue weighted by atomic mass is 10.3. The number of nitrogens with zero attached hydrogens (tertiary/aromatic N) is 3. The third kappa shape index (κ3) is 3.89. The SMILES string of the molecule is Cn1ncc(Br)c1C(=O)Nc1ccc(S(=O)(=O)Nc2nccs2)cc1. The van der Waals surface area contributed by atoms with Crippen LogP contribution in [0.5, 0.6) is 0 Å². The minimum atomic E-state index is -3.72. The molecule has 8 nitrogen and oxygen atoms in total. The molecule has 0 aliphatic rings. The first-order valence-electron chi connectivity index (χ1n) is 6.88. The largest absolute Gasteiger partial charge is 0.321 e. The minimum Gasteiger partial charge on any atom is -0.321 e. The number of sulfonamides is 1. The Morgan fingerprint density at radius 1 is 1.28 bits per heavy atom. The first kappa shape index (κ1) is 17.6. The molecule has 0 aliphatic heterocycles. The molecule has 130 valence electrons. The molecule has 2 aromatic heterocycles. The summed E-state index contributed by atoms with van der Waals surface area (Å²) in [4.78, 5) is 16.2. The van der Waals surface area contributed by atoms with Gasteiger partial charge in [-0.05, 0) is 40.2 Å². The number of halogens is 1.